The predicted molar refractivity (Wildman–Crippen MR) is 70.6 cm³/mol. The lowest BCUT2D eigenvalue weighted by atomic mass is 10.3. The number of amidine groups is 1. The SMILES string of the molecule is CN(Cc1nccn1C)c1ccc(C(=N)N)nc1. The van der Waals surface area contributed by atoms with E-state index in [0.29, 0.717) is 12.2 Å². The van der Waals surface area contributed by atoms with Crippen molar-refractivity contribution in [2.75, 3.05) is 11.9 Å². The smallest absolute Gasteiger partial charge is 0.141 e. The molecule has 0 fully saturated rings. The summed E-state index contributed by atoms with van der Waals surface area (Å²) in [5, 5.41) is 7.29. The molecule has 0 radical (unpaired) electrons. The minimum atomic E-state index is -0.0201. The van der Waals surface area contributed by atoms with Gasteiger partial charge < -0.3 is 15.2 Å². The van der Waals surface area contributed by atoms with Gasteiger partial charge in [0.2, 0.25) is 0 Å². The van der Waals surface area contributed by atoms with E-state index in [2.05, 4.69) is 9.97 Å². The van der Waals surface area contributed by atoms with Crippen LogP contribution in [-0.2, 0) is 13.6 Å². The maximum atomic E-state index is 7.29. The van der Waals surface area contributed by atoms with E-state index in [1.165, 1.54) is 0 Å². The van der Waals surface area contributed by atoms with Gasteiger partial charge in [-0.05, 0) is 12.1 Å². The molecular formula is C12H16N6. The highest BCUT2D eigenvalue weighted by Gasteiger charge is 2.06. The Kier molecular flexibility index (Phi) is 3.27. The van der Waals surface area contributed by atoms with Crippen LogP contribution in [0.5, 0.6) is 0 Å². The first-order valence-corrected chi connectivity index (χ1v) is 5.55. The van der Waals surface area contributed by atoms with Crippen molar-refractivity contribution in [3.63, 3.8) is 0 Å². The van der Waals surface area contributed by atoms with Crippen molar-refractivity contribution in [3.8, 4) is 0 Å². The molecule has 0 bridgehead atoms. The first kappa shape index (κ1) is 12.1. The first-order chi connectivity index (χ1) is 8.58. The van der Waals surface area contributed by atoms with Crippen LogP contribution in [0.15, 0.2) is 30.7 Å². The summed E-state index contributed by atoms with van der Waals surface area (Å²) in [5.41, 5.74) is 6.81. The van der Waals surface area contributed by atoms with Crippen LogP contribution < -0.4 is 10.6 Å². The quantitative estimate of drug-likeness (QED) is 0.613. The fraction of sp³-hybridized carbons (Fsp3) is 0.250. The van der Waals surface area contributed by atoms with Gasteiger partial charge in [-0.2, -0.15) is 0 Å². The molecule has 94 valence electrons. The number of imidazole rings is 1. The van der Waals surface area contributed by atoms with Crippen molar-refractivity contribution in [1.29, 1.82) is 5.41 Å². The highest BCUT2D eigenvalue weighted by molar-refractivity contribution is 5.93. The minimum absolute atomic E-state index is 0.0201. The maximum absolute atomic E-state index is 7.29. The average Bonchev–Trinajstić information content (AvgIpc) is 2.75. The van der Waals surface area contributed by atoms with Crippen LogP contribution in [-0.4, -0.2) is 27.4 Å². The van der Waals surface area contributed by atoms with Gasteiger partial charge in [0.15, 0.2) is 0 Å². The Morgan fingerprint density at radius 2 is 2.22 bits per heavy atom. The summed E-state index contributed by atoms with van der Waals surface area (Å²) in [4.78, 5) is 10.4. The Morgan fingerprint density at radius 1 is 1.44 bits per heavy atom. The number of nitrogens with two attached hydrogens (primary N) is 1. The zero-order valence-electron chi connectivity index (χ0n) is 10.5. The lowest BCUT2D eigenvalue weighted by Crippen LogP contribution is -2.20. The van der Waals surface area contributed by atoms with E-state index < -0.39 is 0 Å². The van der Waals surface area contributed by atoms with E-state index >= 15 is 0 Å². The third-order valence-corrected chi connectivity index (χ3v) is 2.76. The molecule has 0 aromatic carbocycles. The molecule has 2 heterocycles. The van der Waals surface area contributed by atoms with E-state index in [1.54, 1.807) is 18.5 Å². The first-order valence-electron chi connectivity index (χ1n) is 5.55. The highest BCUT2D eigenvalue weighted by atomic mass is 15.2. The number of rotatable bonds is 4. The van der Waals surface area contributed by atoms with Gasteiger partial charge in [0.25, 0.3) is 0 Å². The standard InChI is InChI=1S/C12H16N6/c1-17-6-5-15-11(17)8-18(2)9-3-4-10(12(13)14)16-7-9/h3-7H,8H2,1-2H3,(H3,13,14). The van der Waals surface area contributed by atoms with Gasteiger partial charge in [0.05, 0.1) is 18.4 Å². The topological polar surface area (TPSA) is 83.8 Å². The third-order valence-electron chi connectivity index (χ3n) is 2.76. The highest BCUT2D eigenvalue weighted by Crippen LogP contribution is 2.13. The van der Waals surface area contributed by atoms with Gasteiger partial charge in [0, 0.05) is 26.5 Å². The van der Waals surface area contributed by atoms with Crippen molar-refractivity contribution in [2.45, 2.75) is 6.54 Å². The van der Waals surface area contributed by atoms with Gasteiger partial charge in [-0.3, -0.25) is 10.4 Å². The van der Waals surface area contributed by atoms with Crippen molar-refractivity contribution >= 4 is 11.5 Å². The second-order valence-corrected chi connectivity index (χ2v) is 4.13. The molecule has 0 atom stereocenters. The van der Waals surface area contributed by atoms with Crippen molar-refractivity contribution in [3.05, 3.63) is 42.2 Å². The van der Waals surface area contributed by atoms with Crippen molar-refractivity contribution in [1.82, 2.24) is 14.5 Å². The van der Waals surface area contributed by atoms with Crippen molar-refractivity contribution < 1.29 is 0 Å². The number of hydrogen-bond acceptors (Lipinski definition) is 4. The van der Waals surface area contributed by atoms with Crippen LogP contribution in [0.4, 0.5) is 5.69 Å². The maximum Gasteiger partial charge on any atom is 0.141 e. The molecule has 0 amide bonds. The molecule has 0 unspecified atom stereocenters. The molecular weight excluding hydrogens is 228 g/mol. The number of nitrogen functional groups attached to an aromatic ring is 1. The van der Waals surface area contributed by atoms with E-state index in [-0.39, 0.29) is 5.84 Å². The van der Waals surface area contributed by atoms with Gasteiger partial charge in [-0.25, -0.2) is 4.98 Å². The summed E-state index contributed by atoms with van der Waals surface area (Å²) in [5.74, 6) is 0.960. The Hall–Kier alpha value is -2.37. The zero-order valence-corrected chi connectivity index (χ0v) is 10.5. The Labute approximate surface area is 106 Å². The number of aromatic nitrogens is 3. The second-order valence-electron chi connectivity index (χ2n) is 4.13. The number of hydrogen-bond donors (Lipinski definition) is 2. The summed E-state index contributed by atoms with van der Waals surface area (Å²) >= 11 is 0. The summed E-state index contributed by atoms with van der Waals surface area (Å²) in [6.07, 6.45) is 5.40. The largest absolute Gasteiger partial charge is 0.382 e. The number of aryl methyl sites for hydroxylation is 1. The Morgan fingerprint density at radius 3 is 2.72 bits per heavy atom. The average molecular weight is 244 g/mol. The molecule has 2 aromatic heterocycles. The molecule has 0 spiro atoms. The van der Waals surface area contributed by atoms with Gasteiger partial charge in [-0.15, -0.1) is 0 Å². The molecule has 18 heavy (non-hydrogen) atoms. The molecule has 0 aliphatic carbocycles. The molecule has 2 rings (SSSR count). The Balaban J connectivity index is 2.12. The molecule has 3 N–H and O–H groups in total. The number of anilines is 1. The zero-order chi connectivity index (χ0) is 13.1. The van der Waals surface area contributed by atoms with Crippen LogP contribution in [0.25, 0.3) is 0 Å². The van der Waals surface area contributed by atoms with E-state index in [1.807, 2.05) is 35.8 Å². The molecule has 6 heteroatoms. The second kappa shape index (κ2) is 4.87. The van der Waals surface area contributed by atoms with Crippen LogP contribution >= 0.6 is 0 Å². The monoisotopic (exact) mass is 244 g/mol. The van der Waals surface area contributed by atoms with Gasteiger partial charge >= 0.3 is 0 Å². The fourth-order valence-electron chi connectivity index (χ4n) is 1.62. The van der Waals surface area contributed by atoms with Crippen LogP contribution in [0.3, 0.4) is 0 Å². The normalized spacial score (nSPS) is 10.3. The Bertz CT molecular complexity index is 542. The van der Waals surface area contributed by atoms with Gasteiger partial charge in [-0.1, -0.05) is 0 Å². The van der Waals surface area contributed by atoms with Crippen LogP contribution in [0.2, 0.25) is 0 Å². The van der Waals surface area contributed by atoms with Gasteiger partial charge in [0.1, 0.15) is 17.4 Å². The summed E-state index contributed by atoms with van der Waals surface area (Å²) < 4.78 is 1.98. The minimum Gasteiger partial charge on any atom is -0.382 e. The molecule has 2 aromatic rings. The summed E-state index contributed by atoms with van der Waals surface area (Å²) in [7, 11) is 3.94. The van der Waals surface area contributed by atoms with E-state index in [9.17, 15) is 0 Å². The number of nitrogens with zero attached hydrogens (tertiary/aromatic N) is 4. The third kappa shape index (κ3) is 2.48. The number of pyridine rings is 1. The van der Waals surface area contributed by atoms with Crippen LogP contribution in [0, 0.1) is 5.41 Å². The molecule has 0 saturated heterocycles. The van der Waals surface area contributed by atoms with E-state index in [4.69, 9.17) is 11.1 Å². The van der Waals surface area contributed by atoms with Crippen molar-refractivity contribution in [2.24, 2.45) is 12.8 Å². The molecule has 0 aliphatic rings. The lowest BCUT2D eigenvalue weighted by Gasteiger charge is -2.18. The molecule has 0 aliphatic heterocycles. The number of nitrogens with one attached hydrogen (secondary N) is 1. The lowest BCUT2D eigenvalue weighted by molar-refractivity contribution is 0.760. The predicted octanol–water partition coefficient (Wildman–Crippen LogP) is 0.736. The van der Waals surface area contributed by atoms with Crippen LogP contribution in [0.1, 0.15) is 11.5 Å². The molecule has 0 saturated carbocycles. The fourth-order valence-corrected chi connectivity index (χ4v) is 1.62. The summed E-state index contributed by atoms with van der Waals surface area (Å²) in [6, 6.07) is 3.64. The molecule has 6 nitrogen and oxygen atoms in total. The van der Waals surface area contributed by atoms with E-state index in [0.717, 1.165) is 11.5 Å². The summed E-state index contributed by atoms with van der Waals surface area (Å²) in [6.45, 7) is 0.699.